The second kappa shape index (κ2) is 6.89. The molecule has 1 heterocycles. The maximum absolute atomic E-state index is 13.2. The van der Waals surface area contributed by atoms with Gasteiger partial charge in [-0.2, -0.15) is 0 Å². The molecule has 1 atom stereocenters. The van der Waals surface area contributed by atoms with E-state index < -0.39 is 36.0 Å². The van der Waals surface area contributed by atoms with Gasteiger partial charge in [-0.05, 0) is 36.1 Å². The number of hydrogen-bond acceptors (Lipinski definition) is 4. The van der Waals surface area contributed by atoms with Gasteiger partial charge >= 0.3 is 0 Å². The Morgan fingerprint density at radius 1 is 1.32 bits per heavy atom. The van der Waals surface area contributed by atoms with Crippen molar-refractivity contribution in [1.82, 2.24) is 5.32 Å². The molecule has 4 nitrogen and oxygen atoms in total. The number of benzene rings is 1. The number of nitrogens with one attached hydrogen (secondary N) is 1. The van der Waals surface area contributed by atoms with Gasteiger partial charge in [0.05, 0.1) is 12.6 Å². The first-order chi connectivity index (χ1) is 10.5. The molecule has 0 fully saturated rings. The number of carbonyl (C=O) groups excluding carboxylic acids is 1. The number of furan rings is 1. The first kappa shape index (κ1) is 16.4. The molecular weight excluding hydrogens is 319 g/mol. The fourth-order valence-corrected chi connectivity index (χ4v) is 2.17. The summed E-state index contributed by atoms with van der Waals surface area (Å²) < 4.78 is 44.6. The zero-order valence-electron chi connectivity index (χ0n) is 11.4. The Balaban J connectivity index is 2.20. The first-order valence-corrected chi connectivity index (χ1v) is 7.38. The van der Waals surface area contributed by atoms with Gasteiger partial charge < -0.3 is 14.8 Å². The van der Waals surface area contributed by atoms with Crippen LogP contribution in [0.2, 0.25) is 0 Å². The van der Waals surface area contributed by atoms with E-state index in [0.29, 0.717) is 5.09 Å². The van der Waals surface area contributed by atoms with E-state index in [1.54, 1.807) is 12.3 Å². The summed E-state index contributed by atoms with van der Waals surface area (Å²) in [6, 6.07) is 3.36. The number of halogens is 3. The summed E-state index contributed by atoms with van der Waals surface area (Å²) in [5.74, 6) is -5.08. The largest absolute Gasteiger partial charge is 0.445 e. The van der Waals surface area contributed by atoms with Crippen LogP contribution in [0.1, 0.15) is 22.2 Å². The Morgan fingerprint density at radius 2 is 1.95 bits per heavy atom. The quantitative estimate of drug-likeness (QED) is 0.653. The number of amides is 1. The minimum Gasteiger partial charge on any atom is -0.445 e. The number of carbonyl (C=O) groups is 1. The molecule has 0 radical (unpaired) electrons. The number of aliphatic hydroxyl groups excluding tert-OH is 1. The summed E-state index contributed by atoms with van der Waals surface area (Å²) in [6.07, 6.45) is 1.76. The molecule has 1 amide bonds. The van der Waals surface area contributed by atoms with E-state index in [1.165, 1.54) is 17.8 Å². The van der Waals surface area contributed by atoms with Crippen LogP contribution in [0.3, 0.4) is 0 Å². The van der Waals surface area contributed by atoms with Gasteiger partial charge in [-0.15, -0.1) is 0 Å². The minimum atomic E-state index is -1.61. The average Bonchev–Trinajstić information content (AvgIpc) is 2.98. The third-order valence-corrected chi connectivity index (χ3v) is 3.52. The summed E-state index contributed by atoms with van der Waals surface area (Å²) in [5.41, 5.74) is -0.0936. The summed E-state index contributed by atoms with van der Waals surface area (Å²) in [6.45, 7) is -0.619. The molecule has 0 aliphatic rings. The topological polar surface area (TPSA) is 62.5 Å². The van der Waals surface area contributed by atoms with Gasteiger partial charge in [0, 0.05) is 0 Å². The molecule has 0 saturated heterocycles. The van der Waals surface area contributed by atoms with Crippen molar-refractivity contribution >= 4 is 17.7 Å². The molecule has 22 heavy (non-hydrogen) atoms. The van der Waals surface area contributed by atoms with E-state index in [1.807, 2.05) is 0 Å². The molecule has 0 bridgehead atoms. The zero-order valence-corrected chi connectivity index (χ0v) is 12.2. The Morgan fingerprint density at radius 3 is 2.45 bits per heavy atom. The maximum Gasteiger partial charge on any atom is 0.287 e. The second-order valence-corrected chi connectivity index (χ2v) is 5.14. The average molecular weight is 331 g/mol. The number of rotatable bonds is 5. The molecule has 0 saturated carbocycles. The predicted molar refractivity (Wildman–Crippen MR) is 74.1 cm³/mol. The van der Waals surface area contributed by atoms with Crippen LogP contribution in [0.15, 0.2) is 33.8 Å². The molecule has 2 N–H and O–H groups in total. The molecule has 0 spiro atoms. The Labute approximate surface area is 128 Å². The molecule has 1 aromatic carbocycles. The van der Waals surface area contributed by atoms with Crippen molar-refractivity contribution in [2.24, 2.45) is 0 Å². The van der Waals surface area contributed by atoms with Crippen LogP contribution < -0.4 is 5.32 Å². The van der Waals surface area contributed by atoms with Crippen LogP contribution in [0.25, 0.3) is 0 Å². The van der Waals surface area contributed by atoms with Gasteiger partial charge in [0.2, 0.25) is 0 Å². The van der Waals surface area contributed by atoms with Gasteiger partial charge in [0.15, 0.2) is 28.3 Å². The fraction of sp³-hybridized carbons (Fsp3) is 0.214. The highest BCUT2D eigenvalue weighted by atomic mass is 32.2. The lowest BCUT2D eigenvalue weighted by Crippen LogP contribution is -2.30. The van der Waals surface area contributed by atoms with E-state index >= 15 is 0 Å². The van der Waals surface area contributed by atoms with Crippen molar-refractivity contribution in [3.8, 4) is 0 Å². The van der Waals surface area contributed by atoms with Crippen LogP contribution in [-0.4, -0.2) is 23.9 Å². The second-order valence-electron chi connectivity index (χ2n) is 4.33. The van der Waals surface area contributed by atoms with Crippen LogP contribution in [-0.2, 0) is 0 Å². The van der Waals surface area contributed by atoms with Crippen molar-refractivity contribution in [1.29, 1.82) is 0 Å². The smallest absolute Gasteiger partial charge is 0.287 e. The van der Waals surface area contributed by atoms with Crippen LogP contribution in [0.4, 0.5) is 13.2 Å². The SMILES string of the molecule is CSc1ccc(C(=O)NC(CO)c2cc(F)c(F)c(F)c2)o1. The van der Waals surface area contributed by atoms with E-state index in [0.717, 1.165) is 12.1 Å². The summed E-state index contributed by atoms with van der Waals surface area (Å²) in [7, 11) is 0. The lowest BCUT2D eigenvalue weighted by molar-refractivity contribution is 0.0882. The highest BCUT2D eigenvalue weighted by molar-refractivity contribution is 7.98. The first-order valence-electron chi connectivity index (χ1n) is 6.16. The third kappa shape index (κ3) is 3.45. The zero-order chi connectivity index (χ0) is 16.3. The predicted octanol–water partition coefficient (Wildman–Crippen LogP) is 2.88. The van der Waals surface area contributed by atoms with Crippen molar-refractivity contribution < 1.29 is 27.5 Å². The van der Waals surface area contributed by atoms with Gasteiger partial charge in [-0.3, -0.25) is 4.79 Å². The fourth-order valence-electron chi connectivity index (χ4n) is 1.79. The monoisotopic (exact) mass is 331 g/mol. The molecule has 2 aromatic rings. The number of aliphatic hydroxyl groups is 1. The van der Waals surface area contributed by atoms with Crippen molar-refractivity contribution in [2.45, 2.75) is 11.1 Å². The van der Waals surface area contributed by atoms with Gasteiger partial charge in [0.1, 0.15) is 0 Å². The molecule has 1 unspecified atom stereocenters. The van der Waals surface area contributed by atoms with E-state index in [-0.39, 0.29) is 11.3 Å². The molecule has 0 aliphatic carbocycles. The standard InChI is InChI=1S/C14H12F3NO3S/c1-22-12-3-2-11(21-12)14(20)18-10(6-19)7-4-8(15)13(17)9(16)5-7/h2-5,10,19H,6H2,1H3,(H,18,20). The lowest BCUT2D eigenvalue weighted by Gasteiger charge is -2.16. The summed E-state index contributed by atoms with van der Waals surface area (Å²) >= 11 is 1.30. The van der Waals surface area contributed by atoms with Gasteiger partial charge in [-0.1, -0.05) is 11.8 Å². The molecule has 2 rings (SSSR count). The van der Waals surface area contributed by atoms with Crippen molar-refractivity contribution in [3.05, 3.63) is 53.0 Å². The van der Waals surface area contributed by atoms with Crippen LogP contribution >= 0.6 is 11.8 Å². The van der Waals surface area contributed by atoms with Crippen LogP contribution in [0.5, 0.6) is 0 Å². The van der Waals surface area contributed by atoms with Crippen LogP contribution in [0, 0.1) is 17.5 Å². The summed E-state index contributed by atoms with van der Waals surface area (Å²) in [5, 5.41) is 12.2. The Kier molecular flexibility index (Phi) is 5.15. The normalized spacial score (nSPS) is 12.2. The Hall–Kier alpha value is -1.93. The molecule has 118 valence electrons. The molecule has 0 aliphatic heterocycles. The van der Waals surface area contributed by atoms with E-state index in [9.17, 15) is 23.1 Å². The lowest BCUT2D eigenvalue weighted by atomic mass is 10.1. The van der Waals surface area contributed by atoms with Crippen molar-refractivity contribution in [2.75, 3.05) is 12.9 Å². The number of thioether (sulfide) groups is 1. The van der Waals surface area contributed by atoms with Gasteiger partial charge in [-0.25, -0.2) is 13.2 Å². The molecule has 8 heteroatoms. The third-order valence-electron chi connectivity index (χ3n) is 2.90. The van der Waals surface area contributed by atoms with Crippen molar-refractivity contribution in [3.63, 3.8) is 0 Å². The van der Waals surface area contributed by atoms with Gasteiger partial charge in [0.25, 0.3) is 5.91 Å². The Bertz CT molecular complexity index is 667. The summed E-state index contributed by atoms with van der Waals surface area (Å²) in [4.78, 5) is 12.0. The maximum atomic E-state index is 13.2. The number of hydrogen-bond donors (Lipinski definition) is 2. The molecular formula is C14H12F3NO3S. The van der Waals surface area contributed by atoms with E-state index in [2.05, 4.69) is 5.32 Å². The van der Waals surface area contributed by atoms with E-state index in [4.69, 9.17) is 4.42 Å². The molecule has 1 aromatic heterocycles. The highest BCUT2D eigenvalue weighted by Crippen LogP contribution is 2.21. The minimum absolute atomic E-state index is 0.00847. The highest BCUT2D eigenvalue weighted by Gasteiger charge is 2.20.